The second kappa shape index (κ2) is 8.27. The summed E-state index contributed by atoms with van der Waals surface area (Å²) in [4.78, 5) is 8.95. The van der Waals surface area contributed by atoms with Crippen molar-refractivity contribution in [3.8, 4) is 17.0 Å². The number of benzene rings is 2. The Hall–Kier alpha value is -2.90. The fourth-order valence-corrected chi connectivity index (χ4v) is 2.89. The van der Waals surface area contributed by atoms with E-state index >= 15 is 0 Å². The highest BCUT2D eigenvalue weighted by molar-refractivity contribution is 7.13. The van der Waals surface area contributed by atoms with E-state index in [0.29, 0.717) is 17.7 Å². The molecule has 0 spiro atoms. The molecule has 2 aromatic carbocycles. The SMILES string of the molecule is CCOc1ccc(N/C(=N/c2nc(-c3ccccc3)cs2)NN)cc1. The van der Waals surface area contributed by atoms with E-state index in [4.69, 9.17) is 10.6 Å². The molecule has 1 heterocycles. The monoisotopic (exact) mass is 353 g/mol. The normalized spacial score (nSPS) is 11.2. The largest absolute Gasteiger partial charge is 0.494 e. The zero-order valence-electron chi connectivity index (χ0n) is 13.8. The third-order valence-corrected chi connectivity index (χ3v) is 4.07. The molecule has 6 nitrogen and oxygen atoms in total. The third-order valence-electron chi connectivity index (χ3n) is 3.33. The van der Waals surface area contributed by atoms with E-state index in [9.17, 15) is 0 Å². The first-order valence-electron chi connectivity index (χ1n) is 7.84. The molecule has 4 N–H and O–H groups in total. The lowest BCUT2D eigenvalue weighted by molar-refractivity contribution is 0.340. The number of ether oxygens (including phenoxy) is 1. The van der Waals surface area contributed by atoms with Gasteiger partial charge in [-0.3, -0.25) is 5.43 Å². The van der Waals surface area contributed by atoms with Crippen molar-refractivity contribution in [2.24, 2.45) is 10.8 Å². The van der Waals surface area contributed by atoms with Crippen LogP contribution in [0.5, 0.6) is 5.75 Å². The number of rotatable bonds is 5. The standard InChI is InChI=1S/C18H19N5OS/c1-2-24-15-10-8-14(9-11-15)20-17(23-19)22-18-21-16(12-25-18)13-6-4-3-5-7-13/h3-12H,2,19H2,1H3,(H2,20,21,22,23). The zero-order valence-corrected chi connectivity index (χ0v) is 14.6. The second-order valence-electron chi connectivity index (χ2n) is 5.07. The van der Waals surface area contributed by atoms with Crippen molar-refractivity contribution in [3.63, 3.8) is 0 Å². The first kappa shape index (κ1) is 16.9. The van der Waals surface area contributed by atoms with Crippen molar-refractivity contribution in [1.82, 2.24) is 10.4 Å². The van der Waals surface area contributed by atoms with Gasteiger partial charge in [-0.25, -0.2) is 10.8 Å². The quantitative estimate of drug-likeness (QED) is 0.281. The molecule has 3 aromatic rings. The van der Waals surface area contributed by atoms with Gasteiger partial charge in [0, 0.05) is 16.6 Å². The van der Waals surface area contributed by atoms with Crippen LogP contribution in [0.25, 0.3) is 11.3 Å². The molecule has 0 unspecified atom stereocenters. The molecule has 0 fully saturated rings. The van der Waals surface area contributed by atoms with Gasteiger partial charge in [0.05, 0.1) is 12.3 Å². The molecule has 25 heavy (non-hydrogen) atoms. The summed E-state index contributed by atoms with van der Waals surface area (Å²) < 4.78 is 5.43. The van der Waals surface area contributed by atoms with Crippen molar-refractivity contribution in [2.45, 2.75) is 6.92 Å². The topological polar surface area (TPSA) is 84.6 Å². The van der Waals surface area contributed by atoms with E-state index in [1.807, 2.05) is 66.9 Å². The number of aliphatic imine (C=N–C) groups is 1. The molecule has 7 heteroatoms. The minimum atomic E-state index is 0.415. The number of guanidine groups is 1. The van der Waals surface area contributed by atoms with Gasteiger partial charge in [0.1, 0.15) is 5.75 Å². The Morgan fingerprint density at radius 2 is 1.92 bits per heavy atom. The van der Waals surface area contributed by atoms with Crippen LogP contribution in [0, 0.1) is 0 Å². The van der Waals surface area contributed by atoms with Gasteiger partial charge in [-0.2, -0.15) is 4.99 Å². The fraction of sp³-hybridized carbons (Fsp3) is 0.111. The summed E-state index contributed by atoms with van der Waals surface area (Å²) in [6, 6.07) is 17.5. The number of nitrogens with zero attached hydrogens (tertiary/aromatic N) is 2. The summed E-state index contributed by atoms with van der Waals surface area (Å²) in [7, 11) is 0. The lowest BCUT2D eigenvalue weighted by Gasteiger charge is -2.09. The van der Waals surface area contributed by atoms with Gasteiger partial charge in [0.25, 0.3) is 0 Å². The fourth-order valence-electron chi connectivity index (χ4n) is 2.19. The Balaban J connectivity index is 1.73. The van der Waals surface area contributed by atoms with Gasteiger partial charge in [-0.05, 0) is 31.2 Å². The summed E-state index contributed by atoms with van der Waals surface area (Å²) in [5, 5.41) is 5.71. The van der Waals surface area contributed by atoms with Crippen molar-refractivity contribution < 1.29 is 4.74 Å². The lowest BCUT2D eigenvalue weighted by Crippen LogP contribution is -2.35. The first-order valence-corrected chi connectivity index (χ1v) is 8.72. The summed E-state index contributed by atoms with van der Waals surface area (Å²) >= 11 is 1.45. The number of hydrogen-bond donors (Lipinski definition) is 3. The van der Waals surface area contributed by atoms with Crippen LogP contribution < -0.4 is 21.3 Å². The van der Waals surface area contributed by atoms with Crippen LogP contribution in [-0.4, -0.2) is 17.6 Å². The molecule has 0 amide bonds. The van der Waals surface area contributed by atoms with Crippen LogP contribution >= 0.6 is 11.3 Å². The molecule has 0 saturated carbocycles. The predicted octanol–water partition coefficient (Wildman–Crippen LogP) is 3.77. The maximum atomic E-state index is 5.57. The highest BCUT2D eigenvalue weighted by Crippen LogP contribution is 2.26. The molecule has 3 rings (SSSR count). The average molecular weight is 353 g/mol. The first-order chi connectivity index (χ1) is 12.3. The van der Waals surface area contributed by atoms with Crippen LogP contribution in [-0.2, 0) is 0 Å². The zero-order chi connectivity index (χ0) is 17.5. The minimum Gasteiger partial charge on any atom is -0.494 e. The molecular weight excluding hydrogens is 334 g/mol. The van der Waals surface area contributed by atoms with Crippen LogP contribution in [0.2, 0.25) is 0 Å². The van der Waals surface area contributed by atoms with E-state index in [2.05, 4.69) is 20.7 Å². The van der Waals surface area contributed by atoms with Gasteiger partial charge in [-0.1, -0.05) is 30.3 Å². The Bertz CT molecular complexity index is 830. The van der Waals surface area contributed by atoms with Crippen molar-refractivity contribution in [2.75, 3.05) is 11.9 Å². The van der Waals surface area contributed by atoms with Crippen molar-refractivity contribution >= 4 is 28.1 Å². The molecule has 0 aliphatic rings. The lowest BCUT2D eigenvalue weighted by atomic mass is 10.2. The number of thiazole rings is 1. The third kappa shape index (κ3) is 4.56. The van der Waals surface area contributed by atoms with Gasteiger partial charge < -0.3 is 10.1 Å². The summed E-state index contributed by atoms with van der Waals surface area (Å²) in [5.41, 5.74) is 5.36. The number of anilines is 1. The molecule has 0 aliphatic carbocycles. The van der Waals surface area contributed by atoms with E-state index in [0.717, 1.165) is 22.7 Å². The highest BCUT2D eigenvalue weighted by Gasteiger charge is 2.05. The van der Waals surface area contributed by atoms with E-state index in [-0.39, 0.29) is 0 Å². The van der Waals surface area contributed by atoms with Crippen molar-refractivity contribution in [3.05, 3.63) is 60.0 Å². The van der Waals surface area contributed by atoms with Crippen LogP contribution in [0.1, 0.15) is 6.92 Å². The van der Waals surface area contributed by atoms with E-state index in [1.54, 1.807) is 0 Å². The molecule has 0 atom stereocenters. The minimum absolute atomic E-state index is 0.415. The van der Waals surface area contributed by atoms with Crippen molar-refractivity contribution in [1.29, 1.82) is 0 Å². The molecular formula is C18H19N5OS. The van der Waals surface area contributed by atoms with Gasteiger partial charge in [0.15, 0.2) is 0 Å². The highest BCUT2D eigenvalue weighted by atomic mass is 32.1. The predicted molar refractivity (Wildman–Crippen MR) is 103 cm³/mol. The summed E-state index contributed by atoms with van der Waals surface area (Å²) in [6.45, 7) is 2.59. The van der Waals surface area contributed by atoms with Gasteiger partial charge >= 0.3 is 0 Å². The smallest absolute Gasteiger partial charge is 0.217 e. The number of nitrogens with one attached hydrogen (secondary N) is 2. The Kier molecular flexibility index (Phi) is 5.61. The van der Waals surface area contributed by atoms with Crippen LogP contribution in [0.4, 0.5) is 10.8 Å². The molecule has 1 aromatic heterocycles. The van der Waals surface area contributed by atoms with Crippen LogP contribution in [0.3, 0.4) is 0 Å². The molecule has 0 radical (unpaired) electrons. The number of hydrazine groups is 1. The van der Waals surface area contributed by atoms with Gasteiger partial charge in [-0.15, -0.1) is 11.3 Å². The second-order valence-corrected chi connectivity index (χ2v) is 5.91. The van der Waals surface area contributed by atoms with Gasteiger partial charge in [0.2, 0.25) is 11.1 Å². The maximum absolute atomic E-state index is 5.57. The Labute approximate surface area is 150 Å². The van der Waals surface area contributed by atoms with E-state index in [1.165, 1.54) is 11.3 Å². The Morgan fingerprint density at radius 3 is 2.60 bits per heavy atom. The summed E-state index contributed by atoms with van der Waals surface area (Å²) in [5.74, 6) is 6.81. The number of hydrogen-bond acceptors (Lipinski definition) is 5. The number of nitrogens with two attached hydrogens (primary N) is 1. The molecule has 128 valence electrons. The number of aromatic nitrogens is 1. The maximum Gasteiger partial charge on any atom is 0.217 e. The Morgan fingerprint density at radius 1 is 1.16 bits per heavy atom. The van der Waals surface area contributed by atoms with E-state index < -0.39 is 0 Å². The summed E-state index contributed by atoms with van der Waals surface area (Å²) in [6.07, 6.45) is 0. The molecule has 0 saturated heterocycles. The average Bonchev–Trinajstić information content (AvgIpc) is 3.12. The van der Waals surface area contributed by atoms with Crippen LogP contribution in [0.15, 0.2) is 65.0 Å². The molecule has 0 aliphatic heterocycles. The molecule has 0 bridgehead atoms.